The highest BCUT2D eigenvalue weighted by Crippen LogP contribution is 2.17. The highest BCUT2D eigenvalue weighted by molar-refractivity contribution is 5.94. The van der Waals surface area contributed by atoms with Crippen molar-refractivity contribution in [3.8, 4) is 5.69 Å². The van der Waals surface area contributed by atoms with E-state index < -0.39 is 35.0 Å². The van der Waals surface area contributed by atoms with Gasteiger partial charge in [-0.2, -0.15) is 4.68 Å². The van der Waals surface area contributed by atoms with E-state index in [-0.39, 0.29) is 12.2 Å². The van der Waals surface area contributed by atoms with Gasteiger partial charge < -0.3 is 4.74 Å². The molecule has 3 aromatic carbocycles. The lowest BCUT2D eigenvalue weighted by molar-refractivity contribution is 0.0472. The van der Waals surface area contributed by atoms with Gasteiger partial charge >= 0.3 is 17.7 Å². The summed E-state index contributed by atoms with van der Waals surface area (Å²) in [6.07, 6.45) is 0. The Morgan fingerprint density at radius 2 is 1.56 bits per heavy atom. The molecule has 0 fully saturated rings. The van der Waals surface area contributed by atoms with Gasteiger partial charge in [0.2, 0.25) is 0 Å². The van der Waals surface area contributed by atoms with E-state index in [0.717, 1.165) is 28.7 Å². The molecule has 0 saturated heterocycles. The zero-order chi connectivity index (χ0) is 24.2. The number of carbonyl (C=O) groups is 2. The monoisotopic (exact) mass is 465 g/mol. The molecule has 0 aliphatic carbocycles. The van der Waals surface area contributed by atoms with Gasteiger partial charge in [-0.1, -0.05) is 36.4 Å². The van der Waals surface area contributed by atoms with E-state index in [1.54, 1.807) is 0 Å². The highest BCUT2D eigenvalue weighted by atomic mass is 19.1. The number of rotatable bonds is 5. The van der Waals surface area contributed by atoms with E-state index >= 15 is 0 Å². The van der Waals surface area contributed by atoms with Gasteiger partial charge in [-0.25, -0.2) is 23.2 Å². The number of hydrogen-bond acceptors (Lipinski definition) is 6. The summed E-state index contributed by atoms with van der Waals surface area (Å²) in [5, 5.41) is 6.85. The lowest BCUT2D eigenvalue weighted by atomic mass is 10.2. The summed E-state index contributed by atoms with van der Waals surface area (Å²) in [6.45, 7) is 0.112. The van der Waals surface area contributed by atoms with Crippen LogP contribution >= 0.6 is 0 Å². The van der Waals surface area contributed by atoms with Crippen molar-refractivity contribution in [3.63, 3.8) is 0 Å². The predicted molar refractivity (Wildman–Crippen MR) is 117 cm³/mol. The molecule has 34 heavy (non-hydrogen) atoms. The van der Waals surface area contributed by atoms with Crippen molar-refractivity contribution >= 4 is 17.7 Å². The van der Waals surface area contributed by atoms with Crippen LogP contribution in [0, 0.1) is 11.6 Å². The molecule has 0 spiro atoms. The number of nitrogens with zero attached hydrogens (tertiary/aromatic N) is 5. The molecule has 4 rings (SSSR count). The molecule has 0 unspecified atom stereocenters. The Bertz CT molecular complexity index is 1380. The van der Waals surface area contributed by atoms with E-state index in [1.807, 2.05) is 30.3 Å². The minimum absolute atomic E-state index is 0.112. The minimum atomic E-state index is -1.15. The molecule has 11 heteroatoms. The molecule has 0 atom stereocenters. The second-order valence-electron chi connectivity index (χ2n) is 7.11. The number of amides is 1. The third-order valence-electron chi connectivity index (χ3n) is 4.90. The lowest BCUT2D eigenvalue weighted by Gasteiger charge is -2.16. The van der Waals surface area contributed by atoms with Crippen molar-refractivity contribution < 1.29 is 23.1 Å². The fourth-order valence-corrected chi connectivity index (χ4v) is 3.08. The van der Waals surface area contributed by atoms with Crippen molar-refractivity contribution in [2.45, 2.75) is 6.61 Å². The van der Waals surface area contributed by atoms with Crippen LogP contribution in [0.5, 0.6) is 0 Å². The number of esters is 1. The third-order valence-corrected chi connectivity index (χ3v) is 4.90. The second kappa shape index (κ2) is 9.45. The smallest absolute Gasteiger partial charge is 0.377 e. The van der Waals surface area contributed by atoms with Crippen LogP contribution in [0.4, 0.5) is 19.3 Å². The van der Waals surface area contributed by atoms with Crippen LogP contribution in [-0.2, 0) is 11.3 Å². The standard InChI is InChI=1S/C23H17F2N5O4/c1-28(17-12-10-16(11-13-17)21(31)34-14-15-6-3-2-4-7-15)22(32)30-23(33)29(26-27-30)20-18(24)8-5-9-19(20)25/h2-13H,14H2,1H3. The quantitative estimate of drug-likeness (QED) is 0.332. The van der Waals surface area contributed by atoms with Gasteiger partial charge in [0.1, 0.15) is 12.3 Å². The number of para-hydroxylation sites is 1. The van der Waals surface area contributed by atoms with Crippen LogP contribution in [0.2, 0.25) is 0 Å². The zero-order valence-electron chi connectivity index (χ0n) is 17.8. The van der Waals surface area contributed by atoms with Crippen LogP contribution in [0.25, 0.3) is 5.69 Å². The van der Waals surface area contributed by atoms with Crippen LogP contribution in [0.15, 0.2) is 77.6 Å². The van der Waals surface area contributed by atoms with Gasteiger partial charge in [0.25, 0.3) is 0 Å². The van der Waals surface area contributed by atoms with Crippen LogP contribution in [-0.4, -0.2) is 38.8 Å². The summed E-state index contributed by atoms with van der Waals surface area (Å²) in [6, 6.07) is 17.2. The van der Waals surface area contributed by atoms with Crippen molar-refractivity contribution in [2.75, 3.05) is 11.9 Å². The maximum absolute atomic E-state index is 14.0. The maximum atomic E-state index is 14.0. The molecule has 0 aliphatic rings. The van der Waals surface area contributed by atoms with Gasteiger partial charge in [0.05, 0.1) is 5.56 Å². The lowest BCUT2D eigenvalue weighted by Crippen LogP contribution is -2.39. The van der Waals surface area contributed by atoms with E-state index in [9.17, 15) is 23.2 Å². The minimum Gasteiger partial charge on any atom is -0.457 e. The number of halogens is 2. The number of benzene rings is 3. The van der Waals surface area contributed by atoms with Crippen LogP contribution < -0.4 is 10.6 Å². The molecule has 0 radical (unpaired) electrons. The average Bonchev–Trinajstić information content (AvgIpc) is 3.23. The average molecular weight is 465 g/mol. The molecule has 172 valence electrons. The Morgan fingerprint density at radius 3 is 2.21 bits per heavy atom. The maximum Gasteiger partial charge on any atom is 0.377 e. The first-order chi connectivity index (χ1) is 16.4. The Kier molecular flexibility index (Phi) is 6.26. The van der Waals surface area contributed by atoms with Gasteiger partial charge in [-0.15, -0.1) is 4.68 Å². The summed E-state index contributed by atoms with van der Waals surface area (Å²) in [5.74, 6) is -2.62. The largest absolute Gasteiger partial charge is 0.457 e. The van der Waals surface area contributed by atoms with E-state index in [0.29, 0.717) is 15.1 Å². The molecule has 0 bridgehead atoms. The predicted octanol–water partition coefficient (Wildman–Crippen LogP) is 3.17. The molecule has 1 amide bonds. The van der Waals surface area contributed by atoms with E-state index in [1.165, 1.54) is 31.3 Å². The summed E-state index contributed by atoms with van der Waals surface area (Å²) >= 11 is 0. The third kappa shape index (κ3) is 4.44. The molecular weight excluding hydrogens is 448 g/mol. The van der Waals surface area contributed by atoms with E-state index in [4.69, 9.17) is 4.74 Å². The molecule has 1 aromatic heterocycles. The van der Waals surface area contributed by atoms with Gasteiger partial charge in [-0.3, -0.25) is 4.90 Å². The first kappa shape index (κ1) is 22.5. The zero-order valence-corrected chi connectivity index (χ0v) is 17.8. The Hall–Kier alpha value is -4.67. The Morgan fingerprint density at radius 1 is 0.912 bits per heavy atom. The number of anilines is 1. The fourth-order valence-electron chi connectivity index (χ4n) is 3.08. The normalized spacial score (nSPS) is 10.7. The molecule has 0 saturated carbocycles. The molecule has 0 N–H and O–H groups in total. The van der Waals surface area contributed by atoms with Crippen molar-refractivity contribution in [2.24, 2.45) is 0 Å². The molecule has 0 aliphatic heterocycles. The molecule has 4 aromatic rings. The number of ether oxygens (including phenoxy) is 1. The number of hydrogen-bond donors (Lipinski definition) is 0. The van der Waals surface area contributed by atoms with Gasteiger partial charge in [0.15, 0.2) is 11.6 Å². The van der Waals surface area contributed by atoms with Gasteiger partial charge in [0, 0.05) is 12.7 Å². The first-order valence-electron chi connectivity index (χ1n) is 9.95. The Balaban J connectivity index is 1.49. The molecule has 9 nitrogen and oxygen atoms in total. The number of tetrazole rings is 1. The highest BCUT2D eigenvalue weighted by Gasteiger charge is 2.23. The second-order valence-corrected chi connectivity index (χ2v) is 7.11. The number of aromatic nitrogens is 4. The summed E-state index contributed by atoms with van der Waals surface area (Å²) in [7, 11) is 1.36. The van der Waals surface area contributed by atoms with Crippen molar-refractivity contribution in [1.29, 1.82) is 0 Å². The topological polar surface area (TPSA) is 99.3 Å². The van der Waals surface area contributed by atoms with Gasteiger partial charge in [-0.05, 0) is 52.4 Å². The van der Waals surface area contributed by atoms with E-state index in [2.05, 4.69) is 10.4 Å². The summed E-state index contributed by atoms with van der Waals surface area (Å²) in [4.78, 5) is 38.6. The first-order valence-corrected chi connectivity index (χ1v) is 9.95. The van der Waals surface area contributed by atoms with Crippen molar-refractivity contribution in [1.82, 2.24) is 19.8 Å². The molecular formula is C23H17F2N5O4. The SMILES string of the molecule is CN(C(=O)n1nnn(-c2c(F)cccc2F)c1=O)c1ccc(C(=O)OCc2ccccc2)cc1. The summed E-state index contributed by atoms with van der Waals surface area (Å²) < 4.78 is 34.0. The fraction of sp³-hybridized carbons (Fsp3) is 0.0870. The summed E-state index contributed by atoms with van der Waals surface area (Å²) in [5.41, 5.74) is -0.470. The van der Waals surface area contributed by atoms with Crippen molar-refractivity contribution in [3.05, 3.63) is 106 Å². The number of carbonyl (C=O) groups excluding carboxylic acids is 2. The Labute approximate surface area is 191 Å². The van der Waals surface area contributed by atoms with Crippen LogP contribution in [0.3, 0.4) is 0 Å². The van der Waals surface area contributed by atoms with Crippen LogP contribution in [0.1, 0.15) is 15.9 Å². The molecule has 1 heterocycles.